The van der Waals surface area contributed by atoms with Gasteiger partial charge in [0.25, 0.3) is 0 Å². The molecule has 0 radical (unpaired) electrons. The van der Waals surface area contributed by atoms with E-state index in [-0.39, 0.29) is 11.5 Å². The maximum atomic E-state index is 10.1. The van der Waals surface area contributed by atoms with E-state index in [0.29, 0.717) is 5.92 Å². The molecule has 1 aromatic rings. The Hall–Kier alpha value is -1.18. The van der Waals surface area contributed by atoms with Crippen molar-refractivity contribution in [2.75, 3.05) is 0 Å². The van der Waals surface area contributed by atoms with E-state index < -0.39 is 0 Å². The van der Waals surface area contributed by atoms with Crippen molar-refractivity contribution in [3.05, 3.63) is 23.3 Å². The maximum Gasteiger partial charge on any atom is 0.160 e. The van der Waals surface area contributed by atoms with Crippen molar-refractivity contribution >= 4 is 0 Å². The van der Waals surface area contributed by atoms with Crippen molar-refractivity contribution in [2.45, 2.75) is 71.1 Å². The highest BCUT2D eigenvalue weighted by atomic mass is 16.3. The van der Waals surface area contributed by atoms with Crippen molar-refractivity contribution in [3.63, 3.8) is 0 Å². The van der Waals surface area contributed by atoms with Gasteiger partial charge in [-0.15, -0.1) is 0 Å². The predicted octanol–water partition coefficient (Wildman–Crippen LogP) is 5.20. The minimum atomic E-state index is 0.0441. The number of benzene rings is 1. The summed E-state index contributed by atoms with van der Waals surface area (Å²) in [7, 11) is 0. The largest absolute Gasteiger partial charge is 0.504 e. The van der Waals surface area contributed by atoms with Gasteiger partial charge in [0.05, 0.1) is 0 Å². The first kappa shape index (κ1) is 15.7. The van der Waals surface area contributed by atoms with Crippen LogP contribution in [0.2, 0.25) is 0 Å². The summed E-state index contributed by atoms with van der Waals surface area (Å²) in [5.74, 6) is 2.60. The lowest BCUT2D eigenvalue weighted by atomic mass is 9.69. The van der Waals surface area contributed by atoms with Crippen LogP contribution >= 0.6 is 0 Å². The third-order valence-electron chi connectivity index (χ3n) is 6.07. The Kier molecular flexibility index (Phi) is 4.95. The normalized spacial score (nSPS) is 28.3. The van der Waals surface area contributed by atoms with Crippen molar-refractivity contribution in [2.24, 2.45) is 17.8 Å². The van der Waals surface area contributed by atoms with Gasteiger partial charge in [-0.1, -0.05) is 51.5 Å². The summed E-state index contributed by atoms with van der Waals surface area (Å²) < 4.78 is 0. The molecule has 3 rings (SSSR count). The Balaban J connectivity index is 1.71. The van der Waals surface area contributed by atoms with Crippen molar-refractivity contribution < 1.29 is 10.2 Å². The fraction of sp³-hybridized carbons (Fsp3) is 0.700. The third kappa shape index (κ3) is 3.26. The van der Waals surface area contributed by atoms with Crippen LogP contribution in [0.5, 0.6) is 11.5 Å². The first-order valence-electron chi connectivity index (χ1n) is 9.21. The zero-order chi connectivity index (χ0) is 15.5. The Morgan fingerprint density at radius 1 is 1.00 bits per heavy atom. The van der Waals surface area contributed by atoms with E-state index in [9.17, 15) is 10.2 Å². The van der Waals surface area contributed by atoms with E-state index in [1.54, 1.807) is 6.07 Å². The highest BCUT2D eigenvalue weighted by Gasteiger charge is 2.32. The molecule has 2 aliphatic rings. The number of hydrogen-bond donors (Lipinski definition) is 2. The summed E-state index contributed by atoms with van der Waals surface area (Å²) >= 11 is 0. The van der Waals surface area contributed by atoms with Crippen LogP contribution in [-0.2, 0) is 12.8 Å². The van der Waals surface area contributed by atoms with Crippen molar-refractivity contribution in [3.8, 4) is 11.5 Å². The van der Waals surface area contributed by atoms with Crippen LogP contribution in [0, 0.1) is 17.8 Å². The Morgan fingerprint density at radius 2 is 1.82 bits per heavy atom. The first-order valence-corrected chi connectivity index (χ1v) is 9.21. The lowest BCUT2D eigenvalue weighted by molar-refractivity contribution is 0.207. The summed E-state index contributed by atoms with van der Waals surface area (Å²) in [6.45, 7) is 2.29. The van der Waals surface area contributed by atoms with Gasteiger partial charge in [0.15, 0.2) is 11.5 Å². The predicted molar refractivity (Wildman–Crippen MR) is 90.3 cm³/mol. The molecule has 2 heteroatoms. The number of rotatable bonds is 3. The van der Waals surface area contributed by atoms with E-state index in [4.69, 9.17) is 0 Å². The molecule has 0 saturated heterocycles. The fourth-order valence-corrected chi connectivity index (χ4v) is 4.68. The SMILES string of the molecule is CCCCC1CCC[C@@H]2Cc3c(ccc(O)c3O)CC2CC1. The number of phenols is 2. The topological polar surface area (TPSA) is 40.5 Å². The Labute approximate surface area is 134 Å². The van der Waals surface area contributed by atoms with Gasteiger partial charge in [-0.2, -0.15) is 0 Å². The van der Waals surface area contributed by atoms with E-state index in [1.807, 2.05) is 6.07 Å². The van der Waals surface area contributed by atoms with Gasteiger partial charge in [-0.05, 0) is 55.1 Å². The Bertz CT molecular complexity index is 509. The van der Waals surface area contributed by atoms with Gasteiger partial charge in [0.1, 0.15) is 0 Å². The summed E-state index contributed by atoms with van der Waals surface area (Å²) in [4.78, 5) is 0. The smallest absolute Gasteiger partial charge is 0.160 e. The molecule has 3 atom stereocenters. The second-order valence-electron chi connectivity index (χ2n) is 7.52. The van der Waals surface area contributed by atoms with Gasteiger partial charge in [0.2, 0.25) is 0 Å². The molecule has 1 fully saturated rings. The highest BCUT2D eigenvalue weighted by molar-refractivity contribution is 5.50. The van der Waals surface area contributed by atoms with Crippen LogP contribution in [-0.4, -0.2) is 10.2 Å². The number of hydrogen-bond acceptors (Lipinski definition) is 2. The average molecular weight is 302 g/mol. The van der Waals surface area contributed by atoms with E-state index in [0.717, 1.165) is 30.2 Å². The van der Waals surface area contributed by atoms with E-state index in [1.165, 1.54) is 56.9 Å². The molecule has 2 N–H and O–H groups in total. The van der Waals surface area contributed by atoms with Gasteiger partial charge < -0.3 is 10.2 Å². The molecule has 1 saturated carbocycles. The lowest BCUT2D eigenvalue weighted by Gasteiger charge is -2.36. The summed E-state index contributed by atoms with van der Waals surface area (Å²) in [6, 6.07) is 3.68. The molecular weight excluding hydrogens is 272 g/mol. The fourth-order valence-electron chi connectivity index (χ4n) is 4.68. The molecule has 2 nitrogen and oxygen atoms in total. The Morgan fingerprint density at radius 3 is 2.64 bits per heavy atom. The molecule has 2 unspecified atom stereocenters. The van der Waals surface area contributed by atoms with Crippen LogP contribution in [0.3, 0.4) is 0 Å². The standard InChI is InChI=1S/C20H30O2/c1-2-3-5-14-6-4-7-15-13-18-17(12-16(15)9-8-14)10-11-19(21)20(18)22/h10-11,14-16,21-22H,2-9,12-13H2,1H3/t14?,15-,16?/m1/s1. The van der Waals surface area contributed by atoms with Crippen LogP contribution in [0.15, 0.2) is 12.1 Å². The summed E-state index contributed by atoms with van der Waals surface area (Å²) in [6.07, 6.45) is 12.9. The van der Waals surface area contributed by atoms with Gasteiger partial charge in [-0.25, -0.2) is 0 Å². The zero-order valence-corrected chi connectivity index (χ0v) is 13.9. The third-order valence-corrected chi connectivity index (χ3v) is 6.07. The average Bonchev–Trinajstić information content (AvgIpc) is 2.51. The van der Waals surface area contributed by atoms with Crippen LogP contribution < -0.4 is 0 Å². The number of fused-ring (bicyclic) bond motifs is 2. The molecule has 0 amide bonds. The lowest BCUT2D eigenvalue weighted by Crippen LogP contribution is -2.28. The minimum absolute atomic E-state index is 0.0441. The number of aromatic hydroxyl groups is 2. The molecule has 2 aliphatic carbocycles. The monoisotopic (exact) mass is 302 g/mol. The second kappa shape index (κ2) is 6.93. The molecule has 0 aliphatic heterocycles. The van der Waals surface area contributed by atoms with E-state index in [2.05, 4.69) is 6.92 Å². The number of phenolic OH excluding ortho intramolecular Hbond substituents is 2. The molecular formula is C20H30O2. The molecule has 0 heterocycles. The van der Waals surface area contributed by atoms with Crippen molar-refractivity contribution in [1.82, 2.24) is 0 Å². The van der Waals surface area contributed by atoms with Gasteiger partial charge in [0, 0.05) is 5.56 Å². The van der Waals surface area contributed by atoms with Crippen LogP contribution in [0.1, 0.15) is 69.4 Å². The minimum Gasteiger partial charge on any atom is -0.504 e. The molecule has 0 bridgehead atoms. The van der Waals surface area contributed by atoms with Crippen LogP contribution in [0.25, 0.3) is 0 Å². The molecule has 0 spiro atoms. The maximum absolute atomic E-state index is 10.1. The molecule has 122 valence electrons. The zero-order valence-electron chi connectivity index (χ0n) is 13.9. The molecule has 22 heavy (non-hydrogen) atoms. The summed E-state index contributed by atoms with van der Waals surface area (Å²) in [5.41, 5.74) is 2.28. The van der Waals surface area contributed by atoms with Gasteiger partial charge >= 0.3 is 0 Å². The summed E-state index contributed by atoms with van der Waals surface area (Å²) in [5, 5.41) is 19.9. The van der Waals surface area contributed by atoms with E-state index >= 15 is 0 Å². The van der Waals surface area contributed by atoms with Gasteiger partial charge in [-0.3, -0.25) is 0 Å². The number of unbranched alkanes of at least 4 members (excludes halogenated alkanes) is 1. The van der Waals surface area contributed by atoms with Crippen molar-refractivity contribution in [1.29, 1.82) is 0 Å². The van der Waals surface area contributed by atoms with Crippen LogP contribution in [0.4, 0.5) is 0 Å². The molecule has 0 aromatic heterocycles. The molecule has 1 aromatic carbocycles. The highest BCUT2D eigenvalue weighted by Crippen LogP contribution is 2.44. The second-order valence-corrected chi connectivity index (χ2v) is 7.52. The first-order chi connectivity index (χ1) is 10.7. The quantitative estimate of drug-likeness (QED) is 0.753.